The first-order valence-corrected chi connectivity index (χ1v) is 30.0. The molecule has 0 heterocycles. The number of fused-ring (bicyclic) bond motifs is 4. The molecule has 14 aromatic carbocycles. The summed E-state index contributed by atoms with van der Waals surface area (Å²) in [5.74, 6) is 0. The van der Waals surface area contributed by atoms with Gasteiger partial charge in [0.05, 0.1) is 23.1 Å². The van der Waals surface area contributed by atoms with E-state index in [-0.39, 0.29) is 0 Å². The summed E-state index contributed by atoms with van der Waals surface area (Å²) in [6, 6.07) is 119. The third-order valence-electron chi connectivity index (χ3n) is 16.7. The summed E-state index contributed by atoms with van der Waals surface area (Å²) in [7, 11) is 0. The molecule has 1 atom stereocenters. The molecule has 0 spiro atoms. The van der Waals surface area contributed by atoms with Crippen LogP contribution in [0.2, 0.25) is 0 Å². The molecule has 0 aromatic heterocycles. The Kier molecular flexibility index (Phi) is 14.9. The Morgan fingerprint density at radius 1 is 0.310 bits per heavy atom. The van der Waals surface area contributed by atoms with Crippen LogP contribution in [0.1, 0.15) is 24.1 Å². The molecule has 0 saturated carbocycles. The fourth-order valence-electron chi connectivity index (χ4n) is 12.8. The van der Waals surface area contributed by atoms with E-state index in [1.54, 1.807) is 0 Å². The number of benzene rings is 14. The number of hydrogen-bond donors (Lipinski definition) is 0. The zero-order valence-corrected chi connectivity index (χ0v) is 48.8. The van der Waals surface area contributed by atoms with Crippen molar-refractivity contribution in [2.45, 2.75) is 19.9 Å². The number of nitrogens with zero attached hydrogens (tertiary/aromatic N) is 4. The van der Waals surface area contributed by atoms with Crippen molar-refractivity contribution < 1.29 is 0 Å². The normalized spacial score (nSPS) is 12.0. The van der Waals surface area contributed by atoms with Crippen LogP contribution in [-0.2, 0) is 0 Å². The van der Waals surface area contributed by atoms with Gasteiger partial charge in [0.25, 0.3) is 0 Å². The lowest BCUT2D eigenvalue weighted by Crippen LogP contribution is -2.26. The van der Waals surface area contributed by atoms with Crippen molar-refractivity contribution in [3.8, 4) is 11.1 Å². The minimum atomic E-state index is -0.471. The van der Waals surface area contributed by atoms with Crippen molar-refractivity contribution >= 4 is 100.0 Å². The van der Waals surface area contributed by atoms with Gasteiger partial charge in [-0.3, -0.25) is 0 Å². The molecule has 416 valence electrons. The summed E-state index contributed by atoms with van der Waals surface area (Å²) in [5.41, 5.74) is 16.3. The lowest BCUT2D eigenvalue weighted by molar-refractivity contribution is 0.846. The topological polar surface area (TPSA) is 13.0 Å². The van der Waals surface area contributed by atoms with E-state index in [9.17, 15) is 0 Å². The third kappa shape index (κ3) is 10.6. The van der Waals surface area contributed by atoms with Crippen LogP contribution < -0.4 is 19.6 Å². The Labute approximate surface area is 510 Å². The minimum absolute atomic E-state index is 0.471. The monoisotopic (exact) mass is 1120 g/mol. The van der Waals surface area contributed by atoms with E-state index in [1.807, 2.05) is 0 Å². The Morgan fingerprint density at radius 3 is 1.15 bits per heavy atom. The minimum Gasteiger partial charge on any atom is -0.330 e. The van der Waals surface area contributed by atoms with Gasteiger partial charge < -0.3 is 19.6 Å². The van der Waals surface area contributed by atoms with Gasteiger partial charge in [0.2, 0.25) is 0 Å². The van der Waals surface area contributed by atoms with Crippen molar-refractivity contribution in [2.75, 3.05) is 19.6 Å². The van der Waals surface area contributed by atoms with Crippen molar-refractivity contribution in [3.63, 3.8) is 0 Å². The highest BCUT2D eigenvalue weighted by Gasteiger charge is 2.30. The summed E-state index contributed by atoms with van der Waals surface area (Å²) in [6.45, 7) is 4.41. The van der Waals surface area contributed by atoms with Crippen LogP contribution in [0.25, 0.3) is 54.2 Å². The zero-order chi connectivity index (χ0) is 58.5. The number of allylic oxidation sites excluding steroid dienone is 2. The summed E-state index contributed by atoms with van der Waals surface area (Å²) >= 11 is 0. The molecule has 0 saturated heterocycles. The van der Waals surface area contributed by atoms with Gasteiger partial charge in [-0.1, -0.05) is 237 Å². The SMILES string of the molecule is C/C=C\C(=C/C(c1cc(N(c2ccccc2)c2cccc3ccccc23)ccc1-c1ccc(N(c2ccccc2)c2cccc3ccccc23)cc1C)N(c1ccccc1)c1cccc2ccccc12)N(c1ccccc1)c1cccc2ccccc12. The van der Waals surface area contributed by atoms with Crippen LogP contribution in [0.15, 0.2) is 352 Å². The Morgan fingerprint density at radius 2 is 0.678 bits per heavy atom. The third-order valence-corrected chi connectivity index (χ3v) is 16.7. The van der Waals surface area contributed by atoms with E-state index >= 15 is 0 Å². The van der Waals surface area contributed by atoms with Gasteiger partial charge >= 0.3 is 0 Å². The molecule has 14 aromatic rings. The number of para-hydroxylation sites is 4. The van der Waals surface area contributed by atoms with Crippen molar-refractivity contribution in [3.05, 3.63) is 363 Å². The Bertz CT molecular complexity index is 4780. The number of anilines is 10. The average Bonchev–Trinajstić information content (AvgIpc) is 3.76. The van der Waals surface area contributed by atoms with Gasteiger partial charge in [-0.2, -0.15) is 0 Å². The molecule has 0 N–H and O–H groups in total. The molecule has 0 aliphatic heterocycles. The highest BCUT2D eigenvalue weighted by Crippen LogP contribution is 2.49. The van der Waals surface area contributed by atoms with Gasteiger partial charge in [0, 0.05) is 67.1 Å². The molecule has 0 bridgehead atoms. The van der Waals surface area contributed by atoms with Crippen molar-refractivity contribution in [2.24, 2.45) is 0 Å². The number of aryl methyl sites for hydroxylation is 1. The molecule has 0 aliphatic carbocycles. The first-order valence-electron chi connectivity index (χ1n) is 30.0. The summed E-state index contributed by atoms with van der Waals surface area (Å²) < 4.78 is 0. The van der Waals surface area contributed by atoms with Crippen LogP contribution in [0.5, 0.6) is 0 Å². The summed E-state index contributed by atoms with van der Waals surface area (Å²) in [4.78, 5) is 9.87. The molecular weight excluding hydrogens is 1050 g/mol. The second kappa shape index (κ2) is 24.2. The molecule has 0 radical (unpaired) electrons. The highest BCUT2D eigenvalue weighted by atomic mass is 15.2. The van der Waals surface area contributed by atoms with Gasteiger partial charge in [-0.05, 0) is 167 Å². The fourth-order valence-corrected chi connectivity index (χ4v) is 12.8. The molecular formula is C83H64N4. The van der Waals surface area contributed by atoms with E-state index < -0.39 is 6.04 Å². The molecule has 14 rings (SSSR count). The highest BCUT2D eigenvalue weighted by molar-refractivity contribution is 6.02. The van der Waals surface area contributed by atoms with Crippen LogP contribution in [-0.4, -0.2) is 0 Å². The van der Waals surface area contributed by atoms with Crippen molar-refractivity contribution in [1.82, 2.24) is 0 Å². The van der Waals surface area contributed by atoms with Gasteiger partial charge in [-0.25, -0.2) is 0 Å². The molecule has 0 amide bonds. The van der Waals surface area contributed by atoms with E-state index in [1.165, 1.54) is 21.5 Å². The maximum atomic E-state index is 2.58. The molecule has 0 aliphatic rings. The van der Waals surface area contributed by atoms with Gasteiger partial charge in [0.1, 0.15) is 0 Å². The predicted octanol–water partition coefficient (Wildman–Crippen LogP) is 23.4. The Hall–Kier alpha value is -11.2. The molecule has 87 heavy (non-hydrogen) atoms. The second-order valence-corrected chi connectivity index (χ2v) is 22.0. The molecule has 4 heteroatoms. The fraction of sp³-hybridized carbons (Fsp3) is 0.0361. The Balaban J connectivity index is 1.09. The first kappa shape index (κ1) is 53.8. The van der Waals surface area contributed by atoms with Crippen LogP contribution in [0.3, 0.4) is 0 Å². The van der Waals surface area contributed by atoms with Gasteiger partial charge in [0.15, 0.2) is 0 Å². The second-order valence-electron chi connectivity index (χ2n) is 22.0. The van der Waals surface area contributed by atoms with E-state index in [4.69, 9.17) is 0 Å². The predicted molar refractivity (Wildman–Crippen MR) is 372 cm³/mol. The molecule has 1 unspecified atom stereocenters. The van der Waals surface area contributed by atoms with E-state index in [2.05, 4.69) is 379 Å². The largest absolute Gasteiger partial charge is 0.330 e. The summed E-state index contributed by atoms with van der Waals surface area (Å²) in [6.07, 6.45) is 6.98. The smallest absolute Gasteiger partial charge is 0.0805 e. The van der Waals surface area contributed by atoms with Crippen LogP contribution in [0, 0.1) is 6.92 Å². The van der Waals surface area contributed by atoms with Gasteiger partial charge in [-0.15, -0.1) is 0 Å². The standard InChI is InChI=1S/C83H64N4/c1-3-28-69(84(65-37-8-4-9-38-65)79-49-24-33-61-29-16-20-45-73(61)79)59-83(87(68-43-14-7-15-44-68)82-52-27-36-64-32-19-23-48-76(64)82)78-58-71(86(67-41-12-6-13-42-67)81-51-26-35-63-31-18-22-47-75(63)81)54-56-77(78)72-55-53-70(57-60(72)2)85(66-39-10-5-11-40-66)80-50-25-34-62-30-17-21-46-74(62)80/h3-59,83H,1-2H3/b28-3-,69-59+. The lowest BCUT2D eigenvalue weighted by atomic mass is 9.88. The number of hydrogen-bond acceptors (Lipinski definition) is 4. The zero-order valence-electron chi connectivity index (χ0n) is 48.8. The molecule has 4 nitrogen and oxygen atoms in total. The van der Waals surface area contributed by atoms with Crippen LogP contribution >= 0.6 is 0 Å². The van der Waals surface area contributed by atoms with Crippen molar-refractivity contribution in [1.29, 1.82) is 0 Å². The maximum Gasteiger partial charge on any atom is 0.0805 e. The van der Waals surface area contributed by atoms with E-state index in [0.29, 0.717) is 0 Å². The maximum absolute atomic E-state index is 2.58. The van der Waals surface area contributed by atoms with Crippen LogP contribution in [0.4, 0.5) is 56.9 Å². The average molecular weight is 1120 g/mol. The molecule has 0 fully saturated rings. The lowest BCUT2D eigenvalue weighted by Gasteiger charge is -2.37. The quantitative estimate of drug-likeness (QED) is 0.0894. The number of rotatable bonds is 16. The summed E-state index contributed by atoms with van der Waals surface area (Å²) in [5, 5.41) is 9.36. The van der Waals surface area contributed by atoms with E-state index in [0.717, 1.165) is 106 Å². The first-order chi connectivity index (χ1) is 43.1.